The van der Waals surface area contributed by atoms with Gasteiger partial charge in [0.1, 0.15) is 0 Å². The first-order chi connectivity index (χ1) is 8.24. The summed E-state index contributed by atoms with van der Waals surface area (Å²) in [5, 5.41) is 8.78. The van der Waals surface area contributed by atoms with Gasteiger partial charge >= 0.3 is 0 Å². The Hall–Kier alpha value is -1.59. The Balaban J connectivity index is 2.49. The molecule has 0 atom stereocenters. The normalized spacial score (nSPS) is 9.94. The summed E-state index contributed by atoms with van der Waals surface area (Å²) in [6, 6.07) is 16.2. The summed E-state index contributed by atoms with van der Waals surface area (Å²) in [5.41, 5.74) is 4.40. The third kappa shape index (κ3) is 2.57. The van der Waals surface area contributed by atoms with Crippen LogP contribution >= 0.6 is 15.9 Å². The van der Waals surface area contributed by atoms with Gasteiger partial charge in [-0.25, -0.2) is 0 Å². The molecule has 2 rings (SSSR count). The molecule has 2 aromatic rings. The third-order valence-electron chi connectivity index (χ3n) is 2.77. The summed E-state index contributed by atoms with van der Waals surface area (Å²) >= 11 is 3.49. The van der Waals surface area contributed by atoms with Gasteiger partial charge in [-0.15, -0.1) is 0 Å². The fourth-order valence-corrected chi connectivity index (χ4v) is 2.27. The van der Waals surface area contributed by atoms with Crippen molar-refractivity contribution in [1.29, 1.82) is 5.26 Å². The molecule has 2 heteroatoms. The van der Waals surface area contributed by atoms with Crippen LogP contribution in [0.3, 0.4) is 0 Å². The maximum absolute atomic E-state index is 8.78. The molecule has 1 nitrogen and oxygen atoms in total. The second kappa shape index (κ2) is 5.16. The lowest BCUT2D eigenvalue weighted by molar-refractivity contribution is 1.14. The van der Waals surface area contributed by atoms with Crippen LogP contribution in [0, 0.1) is 11.3 Å². The minimum absolute atomic E-state index is 0.698. The molecule has 84 valence electrons. The zero-order chi connectivity index (χ0) is 12.3. The Morgan fingerprint density at radius 3 is 2.41 bits per heavy atom. The van der Waals surface area contributed by atoms with E-state index >= 15 is 0 Å². The van der Waals surface area contributed by atoms with Gasteiger partial charge in [-0.3, -0.25) is 0 Å². The third-order valence-corrected chi connectivity index (χ3v) is 3.27. The summed E-state index contributed by atoms with van der Waals surface area (Å²) in [5.74, 6) is 0. The van der Waals surface area contributed by atoms with Crippen LogP contribution in [0.25, 0.3) is 11.1 Å². The fourth-order valence-electron chi connectivity index (χ4n) is 1.86. The van der Waals surface area contributed by atoms with E-state index in [1.54, 1.807) is 0 Å². The van der Waals surface area contributed by atoms with Crippen molar-refractivity contribution in [2.75, 3.05) is 0 Å². The molecule has 0 radical (unpaired) electrons. The molecule has 0 fully saturated rings. The van der Waals surface area contributed by atoms with Gasteiger partial charge in [0.25, 0.3) is 0 Å². The number of hydrogen-bond donors (Lipinski definition) is 0. The fraction of sp³-hybridized carbons (Fsp3) is 0.133. The van der Waals surface area contributed by atoms with Gasteiger partial charge in [0.05, 0.1) is 11.6 Å². The predicted octanol–water partition coefficient (Wildman–Crippen LogP) is 4.55. The molecule has 0 aliphatic heterocycles. The molecule has 0 unspecified atom stereocenters. The Morgan fingerprint density at radius 1 is 1.12 bits per heavy atom. The first-order valence-electron chi connectivity index (χ1n) is 5.53. The van der Waals surface area contributed by atoms with Crippen molar-refractivity contribution >= 4 is 15.9 Å². The quantitative estimate of drug-likeness (QED) is 0.794. The number of halogens is 1. The smallest absolute Gasteiger partial charge is 0.0991 e. The molecule has 0 aliphatic carbocycles. The minimum atomic E-state index is 0.698. The SMILES string of the molecule is CCc1cc(Br)ccc1-c1ccc(C#N)cc1. The molecule has 0 spiro atoms. The van der Waals surface area contributed by atoms with Crippen LogP contribution in [0.5, 0.6) is 0 Å². The first-order valence-corrected chi connectivity index (χ1v) is 6.33. The van der Waals surface area contributed by atoms with Crippen LogP contribution in [0.1, 0.15) is 18.1 Å². The molecule has 0 heterocycles. The second-order valence-electron chi connectivity index (χ2n) is 3.84. The highest BCUT2D eigenvalue weighted by Gasteiger charge is 2.04. The second-order valence-corrected chi connectivity index (χ2v) is 4.76. The Bertz CT molecular complexity index is 564. The first kappa shape index (κ1) is 11.9. The Kier molecular flexibility index (Phi) is 3.61. The summed E-state index contributed by atoms with van der Waals surface area (Å²) in [6.07, 6.45) is 0.995. The van der Waals surface area contributed by atoms with Crippen molar-refractivity contribution in [1.82, 2.24) is 0 Å². The van der Waals surface area contributed by atoms with Crippen molar-refractivity contribution in [2.24, 2.45) is 0 Å². The van der Waals surface area contributed by atoms with E-state index in [1.165, 1.54) is 11.1 Å². The molecule has 0 N–H and O–H groups in total. The number of hydrogen-bond acceptors (Lipinski definition) is 1. The maximum atomic E-state index is 8.78. The van der Waals surface area contributed by atoms with E-state index in [0.29, 0.717) is 5.56 Å². The van der Waals surface area contributed by atoms with Crippen molar-refractivity contribution in [3.8, 4) is 17.2 Å². The molecule has 0 aromatic heterocycles. The van der Waals surface area contributed by atoms with Gasteiger partial charge in [-0.05, 0) is 47.4 Å². The molecular weight excluding hydrogens is 274 g/mol. The number of nitrogens with zero attached hydrogens (tertiary/aromatic N) is 1. The van der Waals surface area contributed by atoms with Crippen molar-refractivity contribution in [3.05, 3.63) is 58.1 Å². The van der Waals surface area contributed by atoms with E-state index in [4.69, 9.17) is 5.26 Å². The van der Waals surface area contributed by atoms with Gasteiger partial charge in [0, 0.05) is 4.47 Å². The number of nitriles is 1. The maximum Gasteiger partial charge on any atom is 0.0991 e. The van der Waals surface area contributed by atoms with E-state index in [0.717, 1.165) is 16.5 Å². The summed E-state index contributed by atoms with van der Waals surface area (Å²) in [7, 11) is 0. The van der Waals surface area contributed by atoms with Gasteiger partial charge in [-0.1, -0.05) is 41.1 Å². The number of aryl methyl sites for hydroxylation is 1. The van der Waals surface area contributed by atoms with Crippen molar-refractivity contribution < 1.29 is 0 Å². The van der Waals surface area contributed by atoms with Crippen LogP contribution in [0.4, 0.5) is 0 Å². The van der Waals surface area contributed by atoms with Crippen molar-refractivity contribution in [2.45, 2.75) is 13.3 Å². The highest BCUT2D eigenvalue weighted by Crippen LogP contribution is 2.27. The van der Waals surface area contributed by atoms with E-state index in [2.05, 4.69) is 41.1 Å². The topological polar surface area (TPSA) is 23.8 Å². The van der Waals surface area contributed by atoms with E-state index in [9.17, 15) is 0 Å². The molecule has 0 saturated heterocycles. The van der Waals surface area contributed by atoms with Gasteiger partial charge in [0.15, 0.2) is 0 Å². The molecule has 0 bridgehead atoms. The lowest BCUT2D eigenvalue weighted by Crippen LogP contribution is -1.88. The summed E-state index contributed by atoms with van der Waals surface area (Å²) in [4.78, 5) is 0. The molecule has 2 aromatic carbocycles. The van der Waals surface area contributed by atoms with Crippen molar-refractivity contribution in [3.63, 3.8) is 0 Å². The lowest BCUT2D eigenvalue weighted by Gasteiger charge is -2.08. The summed E-state index contributed by atoms with van der Waals surface area (Å²) in [6.45, 7) is 2.15. The standard InChI is InChI=1S/C15H12BrN/c1-2-12-9-14(16)7-8-15(12)13-5-3-11(10-17)4-6-13/h3-9H,2H2,1H3. The highest BCUT2D eigenvalue weighted by atomic mass is 79.9. The molecule has 0 saturated carbocycles. The lowest BCUT2D eigenvalue weighted by atomic mass is 9.97. The van der Waals surface area contributed by atoms with E-state index in [-0.39, 0.29) is 0 Å². The largest absolute Gasteiger partial charge is 0.192 e. The van der Waals surface area contributed by atoms with E-state index < -0.39 is 0 Å². The molecule has 0 aliphatic rings. The van der Waals surface area contributed by atoms with Crippen LogP contribution in [-0.2, 0) is 6.42 Å². The van der Waals surface area contributed by atoms with Gasteiger partial charge in [0.2, 0.25) is 0 Å². The van der Waals surface area contributed by atoms with Crippen LogP contribution in [0.15, 0.2) is 46.9 Å². The van der Waals surface area contributed by atoms with Crippen LogP contribution in [-0.4, -0.2) is 0 Å². The molecule has 0 amide bonds. The zero-order valence-electron chi connectivity index (χ0n) is 9.57. The van der Waals surface area contributed by atoms with Gasteiger partial charge < -0.3 is 0 Å². The number of benzene rings is 2. The van der Waals surface area contributed by atoms with Crippen LogP contribution in [0.2, 0.25) is 0 Å². The van der Waals surface area contributed by atoms with Gasteiger partial charge in [-0.2, -0.15) is 5.26 Å². The number of rotatable bonds is 2. The average molecular weight is 286 g/mol. The molecular formula is C15H12BrN. The Labute approximate surface area is 110 Å². The molecule has 17 heavy (non-hydrogen) atoms. The van der Waals surface area contributed by atoms with Crippen LogP contribution < -0.4 is 0 Å². The minimum Gasteiger partial charge on any atom is -0.192 e. The predicted molar refractivity (Wildman–Crippen MR) is 73.7 cm³/mol. The summed E-state index contributed by atoms with van der Waals surface area (Å²) < 4.78 is 1.10. The Morgan fingerprint density at radius 2 is 1.82 bits per heavy atom. The monoisotopic (exact) mass is 285 g/mol. The highest BCUT2D eigenvalue weighted by molar-refractivity contribution is 9.10. The average Bonchev–Trinajstić information content (AvgIpc) is 2.39. The zero-order valence-corrected chi connectivity index (χ0v) is 11.2. The van der Waals surface area contributed by atoms with E-state index in [1.807, 2.05) is 30.3 Å².